The summed E-state index contributed by atoms with van der Waals surface area (Å²) in [6.07, 6.45) is 10.0. The molecule has 1 rings (SSSR count). The van der Waals surface area contributed by atoms with Crippen LogP contribution in [0.3, 0.4) is 0 Å². The number of rotatable bonds is 0. The molecule has 0 radical (unpaired) electrons. The smallest absolute Gasteiger partial charge is 0.218 e. The molecule has 0 aromatic rings. The lowest BCUT2D eigenvalue weighted by atomic mass is 10.1. The maximum atomic E-state index is 10.1. The molecule has 1 aliphatic carbocycles. The summed E-state index contributed by atoms with van der Waals surface area (Å²) in [7, 11) is 3.45. The van der Waals surface area contributed by atoms with Gasteiger partial charge in [-0.15, -0.1) is 0 Å². The zero-order valence-corrected chi connectivity index (χ0v) is 8.34. The maximum Gasteiger partial charge on any atom is 0.218 e. The van der Waals surface area contributed by atoms with E-state index < -0.39 is 0 Å². The first-order chi connectivity index (χ1) is 5.64. The normalized spacial score (nSPS) is 14.6. The molecule has 0 fully saturated rings. The Morgan fingerprint density at radius 3 is 1.58 bits per heavy atom. The lowest BCUT2D eigenvalue weighted by Gasteiger charge is -2.02. The van der Waals surface area contributed by atoms with Crippen molar-refractivity contribution >= 4 is 5.91 Å². The highest BCUT2D eigenvalue weighted by atomic mass is 16.2. The van der Waals surface area contributed by atoms with Crippen molar-refractivity contribution in [2.75, 3.05) is 14.1 Å². The molecule has 1 amide bonds. The summed E-state index contributed by atoms with van der Waals surface area (Å²) >= 11 is 0. The van der Waals surface area contributed by atoms with Gasteiger partial charge >= 0.3 is 0 Å². The Kier molecular flexibility index (Phi) is 6.44. The van der Waals surface area contributed by atoms with Gasteiger partial charge in [0.05, 0.1) is 0 Å². The van der Waals surface area contributed by atoms with Crippen LogP contribution in [0.15, 0.2) is 12.2 Å². The molecule has 0 aliphatic heterocycles. The van der Waals surface area contributed by atoms with Gasteiger partial charge in [0, 0.05) is 21.0 Å². The summed E-state index contributed by atoms with van der Waals surface area (Å²) in [6.45, 7) is 1.53. The fourth-order valence-electron chi connectivity index (χ4n) is 0.760. The standard InChI is InChI=1S/C6H10.C4H9NO/c1-2-4-6-5-3-1;1-4(6)5(2)3/h1-2H,3-6H2;1-3H3. The molecule has 12 heavy (non-hydrogen) atoms. The molecule has 0 saturated heterocycles. The number of allylic oxidation sites excluding steroid dienone is 2. The Bertz CT molecular complexity index is 142. The first-order valence-electron chi connectivity index (χ1n) is 4.47. The molecule has 2 heteroatoms. The zero-order valence-electron chi connectivity index (χ0n) is 8.34. The minimum Gasteiger partial charge on any atom is -0.349 e. The molecular weight excluding hydrogens is 150 g/mol. The van der Waals surface area contributed by atoms with Gasteiger partial charge in [0.15, 0.2) is 0 Å². The molecular formula is C10H19NO. The molecule has 2 nitrogen and oxygen atoms in total. The lowest BCUT2D eigenvalue weighted by Crippen LogP contribution is -2.17. The predicted octanol–water partition coefficient (Wildman–Crippen LogP) is 2.21. The molecule has 0 unspecified atom stereocenters. The van der Waals surface area contributed by atoms with Crippen molar-refractivity contribution in [1.82, 2.24) is 4.90 Å². The second kappa shape index (κ2) is 6.89. The topological polar surface area (TPSA) is 20.3 Å². The van der Waals surface area contributed by atoms with E-state index in [9.17, 15) is 4.79 Å². The molecule has 0 aromatic heterocycles. The highest BCUT2D eigenvalue weighted by Gasteiger charge is 1.87. The third-order valence-electron chi connectivity index (χ3n) is 1.79. The number of carbonyl (C=O) groups excluding carboxylic acids is 1. The molecule has 1 aliphatic rings. The van der Waals surface area contributed by atoms with Crippen LogP contribution < -0.4 is 0 Å². The monoisotopic (exact) mass is 169 g/mol. The fraction of sp³-hybridized carbons (Fsp3) is 0.700. The van der Waals surface area contributed by atoms with E-state index in [0.717, 1.165) is 0 Å². The Balaban J connectivity index is 0.000000202. The summed E-state index contributed by atoms with van der Waals surface area (Å²) in [5.74, 6) is 0.0926. The molecule has 0 saturated carbocycles. The number of hydrogen-bond donors (Lipinski definition) is 0. The molecule has 70 valence electrons. The van der Waals surface area contributed by atoms with Gasteiger partial charge in [-0.1, -0.05) is 12.2 Å². The van der Waals surface area contributed by atoms with E-state index in [0.29, 0.717) is 0 Å². The Labute approximate surface area is 75.3 Å². The van der Waals surface area contributed by atoms with Crippen LogP contribution in [0, 0.1) is 0 Å². The predicted molar refractivity (Wildman–Crippen MR) is 52.0 cm³/mol. The van der Waals surface area contributed by atoms with Crippen LogP contribution in [0.2, 0.25) is 0 Å². The van der Waals surface area contributed by atoms with Gasteiger partial charge in [-0.25, -0.2) is 0 Å². The van der Waals surface area contributed by atoms with Gasteiger partial charge in [-0.05, 0) is 25.7 Å². The van der Waals surface area contributed by atoms with Crippen LogP contribution in [-0.4, -0.2) is 24.9 Å². The van der Waals surface area contributed by atoms with Crippen LogP contribution in [0.5, 0.6) is 0 Å². The molecule has 0 heterocycles. The van der Waals surface area contributed by atoms with E-state index >= 15 is 0 Å². The molecule has 0 aromatic carbocycles. The van der Waals surface area contributed by atoms with E-state index in [1.54, 1.807) is 14.1 Å². The average molecular weight is 169 g/mol. The third kappa shape index (κ3) is 7.32. The molecule has 0 atom stereocenters. The van der Waals surface area contributed by atoms with Gasteiger partial charge in [0.1, 0.15) is 0 Å². The molecule has 0 bridgehead atoms. The number of carbonyl (C=O) groups is 1. The van der Waals surface area contributed by atoms with Gasteiger partial charge in [0.2, 0.25) is 5.91 Å². The van der Waals surface area contributed by atoms with Crippen molar-refractivity contribution in [3.63, 3.8) is 0 Å². The van der Waals surface area contributed by atoms with E-state index in [2.05, 4.69) is 12.2 Å². The number of amides is 1. The van der Waals surface area contributed by atoms with E-state index in [1.807, 2.05) is 0 Å². The summed E-state index contributed by atoms with van der Waals surface area (Å²) in [6, 6.07) is 0. The first-order valence-corrected chi connectivity index (χ1v) is 4.47. The average Bonchev–Trinajstić information content (AvgIpc) is 2.08. The van der Waals surface area contributed by atoms with Gasteiger partial charge < -0.3 is 4.90 Å². The maximum absolute atomic E-state index is 10.1. The zero-order chi connectivity index (χ0) is 9.40. The summed E-state index contributed by atoms with van der Waals surface area (Å²) in [5.41, 5.74) is 0. The minimum atomic E-state index is 0.0926. The lowest BCUT2D eigenvalue weighted by molar-refractivity contribution is -0.126. The highest BCUT2D eigenvalue weighted by Crippen LogP contribution is 2.07. The van der Waals surface area contributed by atoms with Crippen LogP contribution >= 0.6 is 0 Å². The van der Waals surface area contributed by atoms with Crippen molar-refractivity contribution in [3.8, 4) is 0 Å². The second-order valence-corrected chi connectivity index (χ2v) is 3.17. The van der Waals surface area contributed by atoms with E-state index in [1.165, 1.54) is 37.5 Å². The van der Waals surface area contributed by atoms with Crippen LogP contribution in [0.1, 0.15) is 32.6 Å². The third-order valence-corrected chi connectivity index (χ3v) is 1.79. The van der Waals surface area contributed by atoms with E-state index in [4.69, 9.17) is 0 Å². The Morgan fingerprint density at radius 1 is 1.17 bits per heavy atom. The number of hydrogen-bond acceptors (Lipinski definition) is 1. The fourth-order valence-corrected chi connectivity index (χ4v) is 0.760. The van der Waals surface area contributed by atoms with Crippen molar-refractivity contribution < 1.29 is 4.79 Å². The number of nitrogens with zero attached hydrogens (tertiary/aromatic N) is 1. The van der Waals surface area contributed by atoms with E-state index in [-0.39, 0.29) is 5.91 Å². The van der Waals surface area contributed by atoms with Crippen LogP contribution in [-0.2, 0) is 4.79 Å². The van der Waals surface area contributed by atoms with Crippen molar-refractivity contribution in [1.29, 1.82) is 0 Å². The van der Waals surface area contributed by atoms with Gasteiger partial charge in [-0.2, -0.15) is 0 Å². The summed E-state index contributed by atoms with van der Waals surface area (Å²) in [4.78, 5) is 11.6. The Hall–Kier alpha value is -0.790. The van der Waals surface area contributed by atoms with Crippen molar-refractivity contribution in [2.45, 2.75) is 32.6 Å². The van der Waals surface area contributed by atoms with Gasteiger partial charge in [0.25, 0.3) is 0 Å². The van der Waals surface area contributed by atoms with Crippen molar-refractivity contribution in [2.24, 2.45) is 0 Å². The summed E-state index contributed by atoms with van der Waals surface area (Å²) < 4.78 is 0. The largest absolute Gasteiger partial charge is 0.349 e. The first kappa shape index (κ1) is 11.2. The SMILES string of the molecule is C1=CCCCC1.CC(=O)N(C)C. The van der Waals surface area contributed by atoms with Gasteiger partial charge in [-0.3, -0.25) is 4.79 Å². The van der Waals surface area contributed by atoms with Crippen molar-refractivity contribution in [3.05, 3.63) is 12.2 Å². The van der Waals surface area contributed by atoms with Crippen LogP contribution in [0.25, 0.3) is 0 Å². The second-order valence-electron chi connectivity index (χ2n) is 3.17. The highest BCUT2D eigenvalue weighted by molar-refractivity contribution is 5.72. The Morgan fingerprint density at radius 2 is 1.50 bits per heavy atom. The minimum absolute atomic E-state index is 0.0926. The molecule has 0 spiro atoms. The van der Waals surface area contributed by atoms with Crippen LogP contribution in [0.4, 0.5) is 0 Å². The molecule has 0 N–H and O–H groups in total. The summed E-state index contributed by atoms with van der Waals surface area (Å²) in [5, 5.41) is 0. The quantitative estimate of drug-likeness (QED) is 0.509.